The molecule has 1 fully saturated rings. The van der Waals surface area contributed by atoms with E-state index in [9.17, 15) is 0 Å². The van der Waals surface area contributed by atoms with Gasteiger partial charge in [-0.05, 0) is 11.8 Å². The molecule has 42 valence electrons. The highest BCUT2D eigenvalue weighted by molar-refractivity contribution is 4.96. The van der Waals surface area contributed by atoms with Crippen LogP contribution in [0.3, 0.4) is 0 Å². The molecule has 0 aromatic carbocycles. The van der Waals surface area contributed by atoms with Gasteiger partial charge >= 0.3 is 0 Å². The summed E-state index contributed by atoms with van der Waals surface area (Å²) in [6, 6.07) is 0. The van der Waals surface area contributed by atoms with Gasteiger partial charge in [0.25, 0.3) is 0 Å². The molecule has 7 heavy (non-hydrogen) atoms. The van der Waals surface area contributed by atoms with E-state index in [0.717, 1.165) is 0 Å². The van der Waals surface area contributed by atoms with E-state index in [1.165, 1.54) is 6.42 Å². The van der Waals surface area contributed by atoms with E-state index >= 15 is 0 Å². The second kappa shape index (κ2) is 1.22. The van der Waals surface area contributed by atoms with Gasteiger partial charge in [0.1, 0.15) is 0 Å². The summed E-state index contributed by atoms with van der Waals surface area (Å²) in [5.74, 6) is 0. The molecule has 0 heterocycles. The molecule has 1 atom stereocenters. The average Bonchev–Trinajstić information content (AvgIpc) is 2.13. The molecule has 1 saturated carbocycles. The lowest BCUT2D eigenvalue weighted by Crippen LogP contribution is -1.96. The Kier molecular flexibility index (Phi) is 0.890. The quantitative estimate of drug-likeness (QED) is 0.484. The molecule has 0 aromatic rings. The fourth-order valence-electron chi connectivity index (χ4n) is 0.821. The van der Waals surface area contributed by atoms with Crippen molar-refractivity contribution in [2.45, 2.75) is 26.4 Å². The van der Waals surface area contributed by atoms with Crippen molar-refractivity contribution >= 4 is 0 Å². The van der Waals surface area contributed by atoms with Gasteiger partial charge in [-0.15, -0.1) is 0 Å². The minimum Gasteiger partial charge on any atom is -0.381 e. The van der Waals surface area contributed by atoms with Gasteiger partial charge in [-0.1, -0.05) is 13.8 Å². The Morgan fingerprint density at radius 1 is 1.57 bits per heavy atom. The first kappa shape index (κ1) is 5.10. The van der Waals surface area contributed by atoms with Gasteiger partial charge in [-0.25, -0.2) is 0 Å². The highest BCUT2D eigenvalue weighted by Gasteiger charge is 2.45. The molecule has 1 aliphatic rings. The molecule has 1 aliphatic carbocycles. The molecular formula is C6H12O. The van der Waals surface area contributed by atoms with Crippen molar-refractivity contribution in [3.05, 3.63) is 0 Å². The topological polar surface area (TPSA) is 9.23 Å². The van der Waals surface area contributed by atoms with E-state index in [4.69, 9.17) is 4.74 Å². The second-order valence-corrected chi connectivity index (χ2v) is 2.92. The third kappa shape index (κ3) is 0.778. The first-order valence-corrected chi connectivity index (χ1v) is 2.69. The van der Waals surface area contributed by atoms with Crippen LogP contribution in [0, 0.1) is 5.41 Å². The van der Waals surface area contributed by atoms with Gasteiger partial charge in [0, 0.05) is 7.11 Å². The maximum absolute atomic E-state index is 5.08. The number of hydrogen-bond acceptors (Lipinski definition) is 1. The van der Waals surface area contributed by atoms with Crippen LogP contribution in [0.5, 0.6) is 0 Å². The third-order valence-corrected chi connectivity index (χ3v) is 1.71. The minimum atomic E-state index is 0.495. The molecule has 0 aromatic heterocycles. The van der Waals surface area contributed by atoms with Crippen LogP contribution in [-0.4, -0.2) is 13.2 Å². The van der Waals surface area contributed by atoms with Crippen LogP contribution < -0.4 is 0 Å². The van der Waals surface area contributed by atoms with Crippen molar-refractivity contribution in [2.24, 2.45) is 5.41 Å². The zero-order valence-electron chi connectivity index (χ0n) is 5.19. The Balaban J connectivity index is 2.30. The Bertz CT molecular complexity index is 76.2. The molecule has 1 rings (SSSR count). The smallest absolute Gasteiger partial charge is 0.0629 e. The highest BCUT2D eigenvalue weighted by atomic mass is 16.5. The van der Waals surface area contributed by atoms with Crippen molar-refractivity contribution in [3.63, 3.8) is 0 Å². The van der Waals surface area contributed by atoms with Gasteiger partial charge in [-0.3, -0.25) is 0 Å². The maximum atomic E-state index is 5.08. The summed E-state index contributed by atoms with van der Waals surface area (Å²) >= 11 is 0. The molecule has 0 amide bonds. The van der Waals surface area contributed by atoms with Crippen LogP contribution in [-0.2, 0) is 4.74 Å². The SMILES string of the molecule is COC1CC1(C)C. The van der Waals surface area contributed by atoms with Crippen LogP contribution in [0.1, 0.15) is 20.3 Å². The van der Waals surface area contributed by atoms with E-state index in [2.05, 4.69) is 13.8 Å². The van der Waals surface area contributed by atoms with Crippen LogP contribution in [0.2, 0.25) is 0 Å². The summed E-state index contributed by atoms with van der Waals surface area (Å²) in [4.78, 5) is 0. The van der Waals surface area contributed by atoms with E-state index in [1.807, 2.05) is 0 Å². The summed E-state index contributed by atoms with van der Waals surface area (Å²) < 4.78 is 5.08. The fraction of sp³-hybridized carbons (Fsp3) is 1.00. The fourth-order valence-corrected chi connectivity index (χ4v) is 0.821. The zero-order valence-corrected chi connectivity index (χ0v) is 5.19. The second-order valence-electron chi connectivity index (χ2n) is 2.92. The predicted molar refractivity (Wildman–Crippen MR) is 29.2 cm³/mol. The monoisotopic (exact) mass is 100 g/mol. The summed E-state index contributed by atoms with van der Waals surface area (Å²) in [5, 5.41) is 0. The maximum Gasteiger partial charge on any atom is 0.0629 e. The molecule has 1 nitrogen and oxygen atoms in total. The van der Waals surface area contributed by atoms with Gasteiger partial charge in [0.05, 0.1) is 6.10 Å². The molecule has 1 heteroatoms. The van der Waals surface area contributed by atoms with Crippen molar-refractivity contribution in [1.29, 1.82) is 0 Å². The first-order valence-electron chi connectivity index (χ1n) is 2.69. The van der Waals surface area contributed by atoms with E-state index in [0.29, 0.717) is 11.5 Å². The molecule has 0 bridgehead atoms. The molecule has 0 spiro atoms. The lowest BCUT2D eigenvalue weighted by molar-refractivity contribution is 0.153. The van der Waals surface area contributed by atoms with Crippen LogP contribution in [0.4, 0.5) is 0 Å². The molecule has 0 saturated heterocycles. The lowest BCUT2D eigenvalue weighted by Gasteiger charge is -1.97. The molecule has 0 radical (unpaired) electrons. The Morgan fingerprint density at radius 2 is 2.00 bits per heavy atom. The normalized spacial score (nSPS) is 35.6. The standard InChI is InChI=1S/C6H12O/c1-6(2)4-5(6)7-3/h5H,4H2,1-3H3. The Morgan fingerprint density at radius 3 is 2.00 bits per heavy atom. The molecule has 1 unspecified atom stereocenters. The summed E-state index contributed by atoms with van der Waals surface area (Å²) in [7, 11) is 1.78. The predicted octanol–water partition coefficient (Wildman–Crippen LogP) is 1.43. The van der Waals surface area contributed by atoms with Gasteiger partial charge in [0.2, 0.25) is 0 Å². The van der Waals surface area contributed by atoms with Crippen molar-refractivity contribution in [1.82, 2.24) is 0 Å². The van der Waals surface area contributed by atoms with E-state index < -0.39 is 0 Å². The highest BCUT2D eigenvalue weighted by Crippen LogP contribution is 2.46. The summed E-state index contributed by atoms with van der Waals surface area (Å²) in [5.41, 5.74) is 0.495. The largest absolute Gasteiger partial charge is 0.381 e. The van der Waals surface area contributed by atoms with E-state index in [-0.39, 0.29) is 0 Å². The lowest BCUT2D eigenvalue weighted by atomic mass is 10.2. The van der Waals surface area contributed by atoms with Crippen molar-refractivity contribution in [2.75, 3.05) is 7.11 Å². The molecule has 0 aliphatic heterocycles. The zero-order chi connectivity index (χ0) is 5.49. The molecular weight excluding hydrogens is 88.1 g/mol. The number of ether oxygens (including phenoxy) is 1. The Labute approximate surface area is 44.7 Å². The van der Waals surface area contributed by atoms with Crippen LogP contribution in [0.25, 0.3) is 0 Å². The average molecular weight is 100 g/mol. The first-order chi connectivity index (χ1) is 3.17. The van der Waals surface area contributed by atoms with Crippen LogP contribution in [0.15, 0.2) is 0 Å². The summed E-state index contributed by atoms with van der Waals surface area (Å²) in [6.07, 6.45) is 1.79. The number of rotatable bonds is 1. The van der Waals surface area contributed by atoms with Gasteiger partial charge < -0.3 is 4.74 Å². The number of hydrogen-bond donors (Lipinski definition) is 0. The van der Waals surface area contributed by atoms with Gasteiger partial charge in [-0.2, -0.15) is 0 Å². The van der Waals surface area contributed by atoms with Gasteiger partial charge in [0.15, 0.2) is 0 Å². The van der Waals surface area contributed by atoms with Crippen molar-refractivity contribution in [3.8, 4) is 0 Å². The number of methoxy groups -OCH3 is 1. The Hall–Kier alpha value is -0.0400. The minimum absolute atomic E-state index is 0.495. The van der Waals surface area contributed by atoms with E-state index in [1.54, 1.807) is 7.11 Å². The summed E-state index contributed by atoms with van der Waals surface area (Å²) in [6.45, 7) is 4.45. The molecule has 0 N–H and O–H groups in total. The van der Waals surface area contributed by atoms with Crippen LogP contribution >= 0.6 is 0 Å². The third-order valence-electron chi connectivity index (χ3n) is 1.71. The van der Waals surface area contributed by atoms with Crippen molar-refractivity contribution < 1.29 is 4.74 Å².